The van der Waals surface area contributed by atoms with Gasteiger partial charge >= 0.3 is 0 Å². The minimum absolute atomic E-state index is 0.197. The topological polar surface area (TPSA) is 29.1 Å². The van der Waals surface area contributed by atoms with Gasteiger partial charge in [0.1, 0.15) is 0 Å². The Bertz CT molecular complexity index is 446. The fourth-order valence-electron chi connectivity index (χ4n) is 1.05. The van der Waals surface area contributed by atoms with E-state index in [1.807, 2.05) is 29.5 Å². The maximum atomic E-state index is 11.8. The summed E-state index contributed by atoms with van der Waals surface area (Å²) in [6.45, 7) is 6.00. The molecule has 0 aliphatic heterocycles. The van der Waals surface area contributed by atoms with E-state index in [1.54, 1.807) is 12.1 Å². The van der Waals surface area contributed by atoms with E-state index in [0.29, 0.717) is 25.7 Å². The molecule has 0 fully saturated rings. The zero-order valence-electron chi connectivity index (χ0n) is 8.61. The van der Waals surface area contributed by atoms with E-state index in [4.69, 9.17) is 23.2 Å². The lowest BCUT2D eigenvalue weighted by Gasteiger charge is -2.08. The number of hydrogen-bond acceptors (Lipinski definition) is 1. The molecule has 16 heavy (non-hydrogen) atoms. The van der Waals surface area contributed by atoms with Crippen molar-refractivity contribution in [1.29, 1.82) is 0 Å². The fourth-order valence-corrected chi connectivity index (χ4v) is 2.10. The number of benzene rings is 1. The Labute approximate surface area is 118 Å². The highest BCUT2D eigenvalue weighted by Gasteiger charge is 2.13. The largest absolute Gasteiger partial charge is 0.348 e. The first-order valence-corrected chi connectivity index (χ1v) is 6.32. The predicted octanol–water partition coefficient (Wildman–Crippen LogP) is 3.90. The number of rotatable bonds is 3. The molecule has 1 rings (SSSR count). The van der Waals surface area contributed by atoms with Gasteiger partial charge in [-0.25, -0.2) is 0 Å². The Morgan fingerprint density at radius 3 is 2.69 bits per heavy atom. The minimum atomic E-state index is -0.197. The van der Waals surface area contributed by atoms with Crippen LogP contribution in [0.5, 0.6) is 0 Å². The van der Waals surface area contributed by atoms with Gasteiger partial charge in [0.15, 0.2) is 0 Å². The van der Waals surface area contributed by atoms with Crippen LogP contribution in [0.4, 0.5) is 0 Å². The summed E-state index contributed by atoms with van der Waals surface area (Å²) in [5.74, 6) is -0.197. The molecule has 5 heteroatoms. The van der Waals surface area contributed by atoms with E-state index in [0.717, 1.165) is 5.57 Å². The number of halogens is 3. The molecule has 0 heterocycles. The van der Waals surface area contributed by atoms with Crippen molar-refractivity contribution in [2.45, 2.75) is 6.92 Å². The Kier molecular flexibility index (Phi) is 5.08. The maximum Gasteiger partial charge on any atom is 0.252 e. The minimum Gasteiger partial charge on any atom is -0.348 e. The molecule has 0 spiro atoms. The number of carbonyl (C=O) groups excluding carboxylic acids is 1. The van der Waals surface area contributed by atoms with Crippen molar-refractivity contribution in [2.24, 2.45) is 0 Å². The van der Waals surface area contributed by atoms with Crippen LogP contribution >= 0.6 is 45.8 Å². The van der Waals surface area contributed by atoms with Gasteiger partial charge in [-0.1, -0.05) is 35.4 Å². The first-order valence-electron chi connectivity index (χ1n) is 4.49. The molecule has 1 aromatic rings. The molecule has 86 valence electrons. The maximum absolute atomic E-state index is 11.8. The van der Waals surface area contributed by atoms with Crippen LogP contribution in [-0.4, -0.2) is 12.5 Å². The molecule has 1 aromatic carbocycles. The van der Waals surface area contributed by atoms with Crippen molar-refractivity contribution in [3.8, 4) is 0 Å². The van der Waals surface area contributed by atoms with E-state index in [9.17, 15) is 4.79 Å². The van der Waals surface area contributed by atoms with Crippen LogP contribution in [0.15, 0.2) is 24.3 Å². The average Bonchev–Trinajstić information content (AvgIpc) is 2.19. The van der Waals surface area contributed by atoms with Crippen LogP contribution in [0, 0.1) is 3.57 Å². The fraction of sp³-hybridized carbons (Fsp3) is 0.182. The molecule has 0 aliphatic carbocycles. The molecule has 2 nitrogen and oxygen atoms in total. The monoisotopic (exact) mass is 369 g/mol. The molecule has 0 atom stereocenters. The van der Waals surface area contributed by atoms with Crippen molar-refractivity contribution in [1.82, 2.24) is 5.32 Å². The Hall–Kier alpha value is -0.260. The van der Waals surface area contributed by atoms with Crippen LogP contribution in [0.1, 0.15) is 17.3 Å². The standard InChI is InChI=1S/C11H10Cl2INO/c1-6(2)5-15-11(16)8-3-7(12)4-9(13)10(8)14/h3-4H,1,5H2,2H3,(H,15,16). The number of carbonyl (C=O) groups is 1. The summed E-state index contributed by atoms with van der Waals surface area (Å²) in [6.07, 6.45) is 0. The SMILES string of the molecule is C=C(C)CNC(=O)c1cc(Cl)cc(Cl)c1I. The van der Waals surface area contributed by atoms with Gasteiger partial charge in [0.25, 0.3) is 5.91 Å². The third-order valence-electron chi connectivity index (χ3n) is 1.79. The predicted molar refractivity (Wildman–Crippen MR) is 76.3 cm³/mol. The van der Waals surface area contributed by atoms with Gasteiger partial charge in [-0.15, -0.1) is 0 Å². The summed E-state index contributed by atoms with van der Waals surface area (Å²) in [5, 5.41) is 3.66. The van der Waals surface area contributed by atoms with E-state index < -0.39 is 0 Å². The zero-order valence-corrected chi connectivity index (χ0v) is 12.3. The first-order chi connectivity index (χ1) is 7.41. The van der Waals surface area contributed by atoms with Crippen molar-refractivity contribution >= 4 is 51.7 Å². The second-order valence-corrected chi connectivity index (χ2v) is 5.31. The average molecular weight is 370 g/mol. The highest BCUT2D eigenvalue weighted by atomic mass is 127. The van der Waals surface area contributed by atoms with Gasteiger partial charge < -0.3 is 5.32 Å². The summed E-state index contributed by atoms with van der Waals surface area (Å²) < 4.78 is 0.697. The summed E-state index contributed by atoms with van der Waals surface area (Å²) in [7, 11) is 0. The molecule has 1 N–H and O–H groups in total. The molecule has 0 saturated carbocycles. The van der Waals surface area contributed by atoms with Crippen LogP contribution in [0.3, 0.4) is 0 Å². The van der Waals surface area contributed by atoms with E-state index >= 15 is 0 Å². The second-order valence-electron chi connectivity index (χ2n) is 3.39. The quantitative estimate of drug-likeness (QED) is 0.488. The van der Waals surface area contributed by atoms with Crippen LogP contribution in [-0.2, 0) is 0 Å². The molecule has 0 aliphatic rings. The Balaban J connectivity index is 2.95. The van der Waals surface area contributed by atoms with Gasteiger partial charge in [0.05, 0.1) is 10.6 Å². The lowest BCUT2D eigenvalue weighted by molar-refractivity contribution is 0.0956. The lowest BCUT2D eigenvalue weighted by Crippen LogP contribution is -2.25. The number of nitrogens with one attached hydrogen (secondary N) is 1. The molecule has 0 saturated heterocycles. The van der Waals surface area contributed by atoms with Gasteiger partial charge in [-0.3, -0.25) is 4.79 Å². The molecule has 1 amide bonds. The molecular weight excluding hydrogens is 360 g/mol. The van der Waals surface area contributed by atoms with Crippen LogP contribution < -0.4 is 5.32 Å². The Morgan fingerprint density at radius 2 is 2.12 bits per heavy atom. The molecule has 0 unspecified atom stereocenters. The molecular formula is C11H10Cl2INO. The first kappa shape index (κ1) is 13.8. The van der Waals surface area contributed by atoms with Gasteiger partial charge in [0, 0.05) is 15.1 Å². The van der Waals surface area contributed by atoms with E-state index in [-0.39, 0.29) is 5.91 Å². The van der Waals surface area contributed by atoms with Gasteiger partial charge in [-0.2, -0.15) is 0 Å². The third-order valence-corrected chi connectivity index (χ3v) is 3.79. The van der Waals surface area contributed by atoms with Crippen LogP contribution in [0.2, 0.25) is 10.0 Å². The lowest BCUT2D eigenvalue weighted by atomic mass is 10.2. The number of amides is 1. The highest BCUT2D eigenvalue weighted by Crippen LogP contribution is 2.26. The van der Waals surface area contributed by atoms with Crippen molar-refractivity contribution < 1.29 is 4.79 Å². The summed E-state index contributed by atoms with van der Waals surface area (Å²) in [4.78, 5) is 11.8. The smallest absolute Gasteiger partial charge is 0.252 e. The normalized spacial score (nSPS) is 10.0. The zero-order chi connectivity index (χ0) is 12.3. The summed E-state index contributed by atoms with van der Waals surface area (Å²) in [5.41, 5.74) is 1.37. The second kappa shape index (κ2) is 5.89. The number of hydrogen-bond donors (Lipinski definition) is 1. The van der Waals surface area contributed by atoms with Gasteiger partial charge in [0.2, 0.25) is 0 Å². The van der Waals surface area contributed by atoms with Gasteiger partial charge in [-0.05, 0) is 41.6 Å². The van der Waals surface area contributed by atoms with E-state index in [1.165, 1.54) is 0 Å². The Morgan fingerprint density at radius 1 is 1.50 bits per heavy atom. The highest BCUT2D eigenvalue weighted by molar-refractivity contribution is 14.1. The van der Waals surface area contributed by atoms with Crippen molar-refractivity contribution in [3.05, 3.63) is 43.5 Å². The van der Waals surface area contributed by atoms with Crippen molar-refractivity contribution in [2.75, 3.05) is 6.54 Å². The third kappa shape index (κ3) is 3.64. The molecule has 0 radical (unpaired) electrons. The summed E-state index contributed by atoms with van der Waals surface area (Å²) in [6, 6.07) is 3.21. The van der Waals surface area contributed by atoms with E-state index in [2.05, 4.69) is 11.9 Å². The van der Waals surface area contributed by atoms with Crippen LogP contribution in [0.25, 0.3) is 0 Å². The van der Waals surface area contributed by atoms with Crippen molar-refractivity contribution in [3.63, 3.8) is 0 Å². The summed E-state index contributed by atoms with van der Waals surface area (Å²) >= 11 is 13.8. The molecule has 0 bridgehead atoms. The molecule has 0 aromatic heterocycles.